The summed E-state index contributed by atoms with van der Waals surface area (Å²) in [6.45, 7) is 7.64. The van der Waals surface area contributed by atoms with E-state index in [0.717, 1.165) is 6.54 Å². The van der Waals surface area contributed by atoms with E-state index in [9.17, 15) is 0 Å². The number of hydrogen-bond acceptors (Lipinski definition) is 1. The molecular formula is C13H21N. The Morgan fingerprint density at radius 2 is 1.93 bits per heavy atom. The number of aryl methyl sites for hydroxylation is 1. The van der Waals surface area contributed by atoms with E-state index in [4.69, 9.17) is 0 Å². The van der Waals surface area contributed by atoms with E-state index in [1.165, 1.54) is 24.0 Å². The van der Waals surface area contributed by atoms with Gasteiger partial charge in [0.15, 0.2) is 0 Å². The van der Waals surface area contributed by atoms with E-state index < -0.39 is 0 Å². The molecule has 0 fully saturated rings. The highest BCUT2D eigenvalue weighted by Crippen LogP contribution is 2.21. The van der Waals surface area contributed by atoms with Gasteiger partial charge in [0.05, 0.1) is 0 Å². The SMILES string of the molecule is CCCC(NCC)c1ccccc1C. The fourth-order valence-corrected chi connectivity index (χ4v) is 1.88. The molecule has 0 bridgehead atoms. The zero-order valence-corrected chi connectivity index (χ0v) is 9.51. The van der Waals surface area contributed by atoms with Gasteiger partial charge in [-0.05, 0) is 31.0 Å². The third kappa shape index (κ3) is 2.85. The van der Waals surface area contributed by atoms with Crippen LogP contribution in [0, 0.1) is 6.92 Å². The summed E-state index contributed by atoms with van der Waals surface area (Å²) in [7, 11) is 0. The molecule has 1 N–H and O–H groups in total. The van der Waals surface area contributed by atoms with Crippen molar-refractivity contribution < 1.29 is 0 Å². The van der Waals surface area contributed by atoms with Gasteiger partial charge in [-0.15, -0.1) is 0 Å². The first kappa shape index (κ1) is 11.3. The number of rotatable bonds is 5. The molecule has 1 rings (SSSR count). The summed E-state index contributed by atoms with van der Waals surface area (Å²) in [4.78, 5) is 0. The lowest BCUT2D eigenvalue weighted by atomic mass is 9.98. The molecule has 0 aliphatic rings. The minimum Gasteiger partial charge on any atom is -0.310 e. The molecule has 0 amide bonds. The van der Waals surface area contributed by atoms with Crippen molar-refractivity contribution in [2.45, 2.75) is 39.7 Å². The van der Waals surface area contributed by atoms with Crippen LogP contribution < -0.4 is 5.32 Å². The Morgan fingerprint density at radius 1 is 1.21 bits per heavy atom. The van der Waals surface area contributed by atoms with E-state index in [-0.39, 0.29) is 0 Å². The van der Waals surface area contributed by atoms with Crippen LogP contribution in [0.25, 0.3) is 0 Å². The molecule has 1 atom stereocenters. The molecule has 14 heavy (non-hydrogen) atoms. The van der Waals surface area contributed by atoms with Crippen molar-refractivity contribution in [1.82, 2.24) is 5.32 Å². The fraction of sp³-hybridized carbons (Fsp3) is 0.538. The predicted molar refractivity (Wildman–Crippen MR) is 62.5 cm³/mol. The molecule has 0 spiro atoms. The number of hydrogen-bond donors (Lipinski definition) is 1. The third-order valence-electron chi connectivity index (χ3n) is 2.59. The second-order valence-electron chi connectivity index (χ2n) is 3.76. The van der Waals surface area contributed by atoms with Crippen LogP contribution in [0.4, 0.5) is 0 Å². The molecule has 0 saturated heterocycles. The summed E-state index contributed by atoms with van der Waals surface area (Å²) in [6.07, 6.45) is 2.45. The van der Waals surface area contributed by atoms with Crippen LogP contribution in [0.15, 0.2) is 24.3 Å². The standard InChI is InChI=1S/C13H21N/c1-4-8-13(14-5-2)12-10-7-6-9-11(12)3/h6-7,9-10,13-14H,4-5,8H2,1-3H3. The van der Waals surface area contributed by atoms with Crippen molar-refractivity contribution in [2.24, 2.45) is 0 Å². The molecule has 1 aromatic carbocycles. The van der Waals surface area contributed by atoms with Crippen LogP contribution >= 0.6 is 0 Å². The highest BCUT2D eigenvalue weighted by Gasteiger charge is 2.10. The Bertz CT molecular complexity index is 262. The van der Waals surface area contributed by atoms with Gasteiger partial charge in [-0.25, -0.2) is 0 Å². The second kappa shape index (κ2) is 5.82. The molecular weight excluding hydrogens is 170 g/mol. The van der Waals surface area contributed by atoms with Crippen molar-refractivity contribution in [3.05, 3.63) is 35.4 Å². The topological polar surface area (TPSA) is 12.0 Å². The Labute approximate surface area is 87.5 Å². The van der Waals surface area contributed by atoms with Gasteiger partial charge in [0.2, 0.25) is 0 Å². The van der Waals surface area contributed by atoms with Crippen LogP contribution in [0.1, 0.15) is 43.9 Å². The highest BCUT2D eigenvalue weighted by atomic mass is 14.9. The van der Waals surface area contributed by atoms with Crippen molar-refractivity contribution in [1.29, 1.82) is 0 Å². The lowest BCUT2D eigenvalue weighted by Crippen LogP contribution is -2.21. The van der Waals surface area contributed by atoms with Gasteiger partial charge >= 0.3 is 0 Å². The lowest BCUT2D eigenvalue weighted by molar-refractivity contribution is 0.507. The largest absolute Gasteiger partial charge is 0.310 e. The van der Waals surface area contributed by atoms with E-state index in [1.54, 1.807) is 0 Å². The molecule has 0 radical (unpaired) electrons. The van der Waals surface area contributed by atoms with Gasteiger partial charge in [-0.2, -0.15) is 0 Å². The maximum atomic E-state index is 3.54. The molecule has 1 heteroatoms. The summed E-state index contributed by atoms with van der Waals surface area (Å²) in [5.74, 6) is 0. The molecule has 1 aromatic rings. The van der Waals surface area contributed by atoms with Crippen LogP contribution in [0.3, 0.4) is 0 Å². The van der Waals surface area contributed by atoms with Gasteiger partial charge in [0.1, 0.15) is 0 Å². The van der Waals surface area contributed by atoms with Crippen molar-refractivity contribution in [3.8, 4) is 0 Å². The van der Waals surface area contributed by atoms with E-state index in [2.05, 4.69) is 50.4 Å². The quantitative estimate of drug-likeness (QED) is 0.751. The molecule has 0 aromatic heterocycles. The summed E-state index contributed by atoms with van der Waals surface area (Å²) in [5, 5.41) is 3.54. The first-order valence-electron chi connectivity index (χ1n) is 5.58. The van der Waals surface area contributed by atoms with Crippen molar-refractivity contribution in [2.75, 3.05) is 6.54 Å². The monoisotopic (exact) mass is 191 g/mol. The molecule has 78 valence electrons. The summed E-state index contributed by atoms with van der Waals surface area (Å²) in [6, 6.07) is 9.19. The maximum absolute atomic E-state index is 3.54. The summed E-state index contributed by atoms with van der Waals surface area (Å²) >= 11 is 0. The highest BCUT2D eigenvalue weighted by molar-refractivity contribution is 5.28. The molecule has 0 aliphatic heterocycles. The Kier molecular flexibility index (Phi) is 4.68. The van der Waals surface area contributed by atoms with Crippen LogP contribution in [-0.4, -0.2) is 6.54 Å². The normalized spacial score (nSPS) is 12.8. The zero-order valence-electron chi connectivity index (χ0n) is 9.51. The van der Waals surface area contributed by atoms with Crippen LogP contribution in [0.5, 0.6) is 0 Å². The molecule has 1 unspecified atom stereocenters. The van der Waals surface area contributed by atoms with Gasteiger partial charge in [0.25, 0.3) is 0 Å². The molecule has 0 heterocycles. The Morgan fingerprint density at radius 3 is 2.50 bits per heavy atom. The van der Waals surface area contributed by atoms with E-state index >= 15 is 0 Å². The second-order valence-corrected chi connectivity index (χ2v) is 3.76. The van der Waals surface area contributed by atoms with Gasteiger partial charge < -0.3 is 5.32 Å². The smallest absolute Gasteiger partial charge is 0.0322 e. The number of nitrogens with one attached hydrogen (secondary N) is 1. The van der Waals surface area contributed by atoms with Gasteiger partial charge in [-0.1, -0.05) is 44.5 Å². The van der Waals surface area contributed by atoms with Gasteiger partial charge in [-0.3, -0.25) is 0 Å². The van der Waals surface area contributed by atoms with Gasteiger partial charge in [0, 0.05) is 6.04 Å². The summed E-state index contributed by atoms with van der Waals surface area (Å²) < 4.78 is 0. The predicted octanol–water partition coefficient (Wildman–Crippen LogP) is 3.45. The van der Waals surface area contributed by atoms with Crippen molar-refractivity contribution in [3.63, 3.8) is 0 Å². The maximum Gasteiger partial charge on any atom is 0.0322 e. The average molecular weight is 191 g/mol. The molecule has 0 saturated carbocycles. The zero-order chi connectivity index (χ0) is 10.4. The van der Waals surface area contributed by atoms with E-state index in [1.807, 2.05) is 0 Å². The van der Waals surface area contributed by atoms with Crippen LogP contribution in [0.2, 0.25) is 0 Å². The Balaban J connectivity index is 2.81. The Hall–Kier alpha value is -0.820. The molecule has 0 aliphatic carbocycles. The minimum absolute atomic E-state index is 0.534. The average Bonchev–Trinajstić information content (AvgIpc) is 2.18. The number of benzene rings is 1. The first-order chi connectivity index (χ1) is 6.79. The van der Waals surface area contributed by atoms with E-state index in [0.29, 0.717) is 6.04 Å². The van der Waals surface area contributed by atoms with Crippen molar-refractivity contribution >= 4 is 0 Å². The third-order valence-corrected chi connectivity index (χ3v) is 2.59. The first-order valence-corrected chi connectivity index (χ1v) is 5.58. The van der Waals surface area contributed by atoms with Crippen LogP contribution in [-0.2, 0) is 0 Å². The summed E-state index contributed by atoms with van der Waals surface area (Å²) in [5.41, 5.74) is 2.85. The fourth-order valence-electron chi connectivity index (χ4n) is 1.88. The lowest BCUT2D eigenvalue weighted by Gasteiger charge is -2.19. The minimum atomic E-state index is 0.534. The molecule has 1 nitrogen and oxygen atoms in total.